The number of hydrogen-bond acceptors (Lipinski definition) is 6. The van der Waals surface area contributed by atoms with Crippen molar-refractivity contribution in [3.05, 3.63) is 544 Å². The molecule has 0 atom stereocenters. The first-order valence-electron chi connectivity index (χ1n) is 49.7. The Hall–Kier alpha value is -19.0. The van der Waals surface area contributed by atoms with Gasteiger partial charge in [0.2, 0.25) is 0 Å². The van der Waals surface area contributed by atoms with Crippen LogP contribution in [0.25, 0.3) is 244 Å². The van der Waals surface area contributed by atoms with Gasteiger partial charge in [0.1, 0.15) is 5.82 Å². The van der Waals surface area contributed by atoms with E-state index < -0.39 is 0 Å². The lowest BCUT2D eigenvalue weighted by molar-refractivity contribution is 0.908. The third-order valence-corrected chi connectivity index (χ3v) is 28.8. The van der Waals surface area contributed by atoms with Gasteiger partial charge in [-0.05, 0) is 228 Å². The van der Waals surface area contributed by atoms with Crippen LogP contribution in [0.5, 0.6) is 0 Å². The van der Waals surface area contributed by atoms with Crippen LogP contribution in [0.3, 0.4) is 0 Å². The van der Waals surface area contributed by atoms with E-state index in [-0.39, 0.29) is 5.92 Å². The van der Waals surface area contributed by atoms with Gasteiger partial charge in [-0.1, -0.05) is 432 Å². The van der Waals surface area contributed by atoms with Gasteiger partial charge in [0.25, 0.3) is 0 Å². The van der Waals surface area contributed by atoms with E-state index in [9.17, 15) is 0 Å². The Labute approximate surface area is 840 Å². The summed E-state index contributed by atoms with van der Waals surface area (Å²) in [4.78, 5) is 30.5. The van der Waals surface area contributed by atoms with Gasteiger partial charge in [0.15, 0.2) is 11.6 Å². The minimum Gasteiger partial charge on any atom is -0.309 e. The zero-order chi connectivity index (χ0) is 96.2. The van der Waals surface area contributed by atoms with E-state index in [2.05, 4.69) is 512 Å². The van der Waals surface area contributed by atoms with Gasteiger partial charge in [-0.3, -0.25) is 9.55 Å². The summed E-state index contributed by atoms with van der Waals surface area (Å²) in [7, 11) is 0. The highest BCUT2D eigenvalue weighted by Crippen LogP contribution is 2.51. The largest absolute Gasteiger partial charge is 0.309 e. The highest BCUT2D eigenvalue weighted by atomic mass is 15.1. The maximum atomic E-state index is 5.35. The minimum absolute atomic E-state index is 0.0645. The van der Waals surface area contributed by atoms with Gasteiger partial charge < -0.3 is 4.57 Å². The van der Waals surface area contributed by atoms with Crippen molar-refractivity contribution in [3.8, 4) is 146 Å². The van der Waals surface area contributed by atoms with Crippen LogP contribution in [0.2, 0.25) is 0 Å². The Bertz CT molecular complexity index is 9350. The van der Waals surface area contributed by atoms with Gasteiger partial charge in [0.05, 0.1) is 50.5 Å². The molecule has 680 valence electrons. The first-order valence-corrected chi connectivity index (χ1v) is 49.7. The monoisotopic (exact) mass is 1850 g/mol. The summed E-state index contributed by atoms with van der Waals surface area (Å²) in [5, 5.41) is 17.2. The van der Waals surface area contributed by atoms with Crippen molar-refractivity contribution >= 4 is 97.5 Å². The van der Waals surface area contributed by atoms with Gasteiger partial charge in [-0.25, -0.2) is 24.9 Å². The lowest BCUT2D eigenvalue weighted by Gasteiger charge is -2.19. The molecule has 27 aromatic rings. The van der Waals surface area contributed by atoms with E-state index >= 15 is 0 Å². The zero-order valence-corrected chi connectivity index (χ0v) is 79.5. The maximum Gasteiger partial charge on any atom is 0.160 e. The average molecular weight is 1850 g/mol. The fourth-order valence-electron chi connectivity index (χ4n) is 22.0. The summed E-state index contributed by atoms with van der Waals surface area (Å²) in [5.74, 6) is 2.53. The number of hydrogen-bond donors (Lipinski definition) is 0. The van der Waals surface area contributed by atoms with E-state index in [4.69, 9.17) is 24.9 Å². The second-order valence-corrected chi connectivity index (χ2v) is 37.2. The molecule has 8 nitrogen and oxygen atoms in total. The summed E-state index contributed by atoms with van der Waals surface area (Å²) in [6, 6.07) is 184. The number of nitrogens with zero attached hydrogens (tertiary/aromatic N) is 8. The number of para-hydroxylation sites is 4. The summed E-state index contributed by atoms with van der Waals surface area (Å²) >= 11 is 0. The summed E-state index contributed by atoms with van der Waals surface area (Å²) < 4.78 is 4.71. The van der Waals surface area contributed by atoms with E-state index in [1.807, 2.05) is 30.5 Å². The van der Waals surface area contributed by atoms with Crippen LogP contribution in [-0.4, -0.2) is 39.0 Å². The molecule has 22 aromatic carbocycles. The molecular weight excluding hydrogens is 1760 g/mol. The number of aromatic nitrogens is 8. The van der Waals surface area contributed by atoms with Crippen molar-refractivity contribution < 1.29 is 0 Å². The summed E-state index contributed by atoms with van der Waals surface area (Å²) in [6.45, 7) is 2.17. The third kappa shape index (κ3) is 16.0. The molecule has 8 heteroatoms. The number of rotatable bonds is 15. The number of pyridine rings is 1. The molecule has 0 bridgehead atoms. The smallest absolute Gasteiger partial charge is 0.160 e. The van der Waals surface area contributed by atoms with Crippen LogP contribution in [0, 0.1) is 0 Å². The summed E-state index contributed by atoms with van der Waals surface area (Å²) in [6.07, 6.45) is 2.70. The molecule has 145 heavy (non-hydrogen) atoms. The highest BCUT2D eigenvalue weighted by Gasteiger charge is 2.32. The summed E-state index contributed by atoms with van der Waals surface area (Å²) in [5.41, 5.74) is 34.8. The van der Waals surface area contributed by atoms with Crippen molar-refractivity contribution in [2.24, 2.45) is 0 Å². The zero-order valence-electron chi connectivity index (χ0n) is 79.5. The number of aryl methyl sites for hydroxylation is 1. The minimum atomic E-state index is 0.0645. The van der Waals surface area contributed by atoms with Crippen LogP contribution in [0.1, 0.15) is 35.4 Å². The van der Waals surface area contributed by atoms with Crippen LogP contribution in [0.15, 0.2) is 522 Å². The van der Waals surface area contributed by atoms with Gasteiger partial charge in [-0.15, -0.1) is 0 Å². The SMILES string of the molecule is CCc1nc2ccccc2n1-c1ccc(-c2c3ccccc3c(-c3ccc(-c4ccccc4)cc3)c3ccccc23)cc1.c1ccc(-c2ccc(-c3cc(-c4cc(C5c6ccccc6-c6ccccc65)cc(-n5c6ccccc6c6ccccc65)c4)nc(-c4ccccc4)n3)cc2)cc1.c1ccc(-c2ccc(-c3nc(-c4cc5ccccc5c5ccccc45)cc(-c4cc5ccccc5c5ccccc45)n3)cc2)nc1. The average Bonchev–Trinajstić information content (AvgIpc) is 1.70. The van der Waals surface area contributed by atoms with Crippen molar-refractivity contribution in [1.29, 1.82) is 0 Å². The van der Waals surface area contributed by atoms with Crippen LogP contribution < -0.4 is 0 Å². The second-order valence-electron chi connectivity index (χ2n) is 37.2. The fraction of sp³-hybridized carbons (Fsp3) is 0.0219. The fourth-order valence-corrected chi connectivity index (χ4v) is 22.0. The quantitative estimate of drug-likeness (QED) is 0.0751. The van der Waals surface area contributed by atoms with E-state index in [1.54, 1.807) is 0 Å². The Morgan fingerprint density at radius 3 is 1.06 bits per heavy atom. The second kappa shape index (κ2) is 37.3. The van der Waals surface area contributed by atoms with Gasteiger partial charge in [-0.2, -0.15) is 0 Å². The van der Waals surface area contributed by atoms with Crippen molar-refractivity contribution in [3.63, 3.8) is 0 Å². The molecule has 0 radical (unpaired) electrons. The van der Waals surface area contributed by atoms with E-state index in [0.717, 1.165) is 102 Å². The lowest BCUT2D eigenvalue weighted by Crippen LogP contribution is -2.04. The molecule has 0 unspecified atom stereocenters. The van der Waals surface area contributed by atoms with E-state index in [0.29, 0.717) is 11.6 Å². The van der Waals surface area contributed by atoms with Crippen molar-refractivity contribution in [1.82, 2.24) is 39.0 Å². The van der Waals surface area contributed by atoms with Crippen molar-refractivity contribution in [2.75, 3.05) is 0 Å². The van der Waals surface area contributed by atoms with Gasteiger partial charge >= 0.3 is 0 Å². The Morgan fingerprint density at radius 2 is 0.566 bits per heavy atom. The molecule has 0 saturated carbocycles. The Kier molecular flexibility index (Phi) is 22.2. The molecule has 0 saturated heterocycles. The Morgan fingerprint density at radius 1 is 0.207 bits per heavy atom. The van der Waals surface area contributed by atoms with Crippen molar-refractivity contribution in [2.45, 2.75) is 19.3 Å². The molecule has 0 N–H and O–H groups in total. The molecule has 0 spiro atoms. The van der Waals surface area contributed by atoms with E-state index in [1.165, 1.54) is 159 Å². The predicted molar refractivity (Wildman–Crippen MR) is 604 cm³/mol. The first-order chi connectivity index (χ1) is 71.9. The molecule has 0 aliphatic heterocycles. The normalized spacial score (nSPS) is 11.8. The third-order valence-electron chi connectivity index (χ3n) is 28.8. The van der Waals surface area contributed by atoms with Gasteiger partial charge in [0, 0.05) is 79.6 Å². The van der Waals surface area contributed by atoms with Crippen LogP contribution >= 0.6 is 0 Å². The molecule has 0 amide bonds. The number of imidazole rings is 1. The lowest BCUT2D eigenvalue weighted by atomic mass is 9.85. The number of benzene rings is 22. The number of fused-ring (bicyclic) bond motifs is 15. The molecule has 1 aliphatic carbocycles. The molecule has 1 aliphatic rings. The molecule has 0 fully saturated rings. The van der Waals surface area contributed by atoms with Crippen LogP contribution in [0.4, 0.5) is 0 Å². The molecule has 28 rings (SSSR count). The molecular formula is C137H92N8. The Balaban J connectivity index is 0.000000112. The molecule has 5 aromatic heterocycles. The first kappa shape index (κ1) is 86.3. The standard InChI is InChI=1S/C53H35N3.C43H27N3.C41H30N2/c1-3-15-35(16-4-1)36-27-29-37(30-28-36)48-34-49(55-53(54-48)38-17-5-2-6-18-38)39-31-40(52-46-23-9-7-19-42(46)43-20-8-10-24-47(43)52)33-41(32-39)56-50-25-13-11-21-44(50)45-22-12-14-26-51(45)56;1-3-13-32-30(11-1)25-38(36-17-7-5-15-34(32)36)41-27-42(39-26-31-12-2-4-14-33(31)35-16-6-8-18-37(35)39)46-43(45-41)29-22-20-28(21-23-29)40-19-9-10-24-44-40;1-2-39-42-37-18-10-11-19-38(37)43(39)32-26-24-31(25-27-32)41-35-16-8-6-14-33(35)40(34-15-7-9-17-36(34)41)30-22-20-29(21-23-30)28-12-4-3-5-13-28/h1-34,52H;1-27H;3-27H,2H2,1H3. The van der Waals surface area contributed by atoms with Crippen LogP contribution in [-0.2, 0) is 6.42 Å². The topological polar surface area (TPSA) is 87.2 Å². The predicted octanol–water partition coefficient (Wildman–Crippen LogP) is 35.5. The molecule has 5 heterocycles. The maximum absolute atomic E-state index is 5.35. The highest BCUT2D eigenvalue weighted by molar-refractivity contribution is 6.22.